The van der Waals surface area contributed by atoms with E-state index in [1.807, 2.05) is 23.1 Å². The summed E-state index contributed by atoms with van der Waals surface area (Å²) < 4.78 is 2.23. The van der Waals surface area contributed by atoms with Gasteiger partial charge in [-0.25, -0.2) is 4.98 Å². The maximum Gasteiger partial charge on any atom is 0.230 e. The van der Waals surface area contributed by atoms with Gasteiger partial charge in [0.05, 0.1) is 11.4 Å². The quantitative estimate of drug-likeness (QED) is 0.767. The van der Waals surface area contributed by atoms with Gasteiger partial charge in [-0.1, -0.05) is 30.0 Å². The molecule has 0 saturated carbocycles. The molecule has 1 aromatic heterocycles. The monoisotopic (exact) mass is 412 g/mol. The summed E-state index contributed by atoms with van der Waals surface area (Å²) in [4.78, 5) is 30.7. The predicted molar refractivity (Wildman–Crippen MR) is 114 cm³/mol. The number of nitrogens with one attached hydrogen (secondary N) is 1. The molecule has 1 aliphatic heterocycles. The van der Waals surface area contributed by atoms with Crippen molar-refractivity contribution in [3.05, 3.63) is 41.7 Å². The molecule has 1 fully saturated rings. The Morgan fingerprint density at radius 2 is 1.86 bits per heavy atom. The lowest BCUT2D eigenvalue weighted by atomic mass is 10.0. The number of carbonyl (C=O) groups is 2. The Morgan fingerprint density at radius 1 is 1.14 bits per heavy atom. The molecular weight excluding hydrogens is 384 g/mol. The van der Waals surface area contributed by atoms with Crippen LogP contribution in [0.1, 0.15) is 44.0 Å². The zero-order chi connectivity index (χ0) is 20.2. The van der Waals surface area contributed by atoms with Gasteiger partial charge in [0.25, 0.3) is 0 Å². The lowest BCUT2D eigenvalue weighted by Gasteiger charge is -2.31. The molecule has 0 radical (unpaired) electrons. The van der Waals surface area contributed by atoms with Crippen LogP contribution < -0.4 is 5.32 Å². The zero-order valence-electron chi connectivity index (χ0n) is 16.9. The third-order valence-electron chi connectivity index (χ3n) is 5.75. The SMILES string of the molecule is CC(=O)N1CCC(NC(=O)CSc2nc3c(n2-c2ccccc2)CCCC3)CC1. The first kappa shape index (κ1) is 20.0. The summed E-state index contributed by atoms with van der Waals surface area (Å²) in [5.41, 5.74) is 3.59. The highest BCUT2D eigenvalue weighted by Crippen LogP contribution is 2.30. The summed E-state index contributed by atoms with van der Waals surface area (Å²) in [6, 6.07) is 10.5. The summed E-state index contributed by atoms with van der Waals surface area (Å²) in [5, 5.41) is 4.04. The molecule has 2 aliphatic rings. The van der Waals surface area contributed by atoms with Crippen LogP contribution in [0.3, 0.4) is 0 Å². The van der Waals surface area contributed by atoms with Gasteiger partial charge in [-0.05, 0) is 50.7 Å². The van der Waals surface area contributed by atoms with E-state index in [9.17, 15) is 9.59 Å². The summed E-state index contributed by atoms with van der Waals surface area (Å²) in [6.07, 6.45) is 6.08. The molecule has 1 aromatic carbocycles. The Kier molecular flexibility index (Phi) is 6.23. The highest BCUT2D eigenvalue weighted by molar-refractivity contribution is 7.99. The van der Waals surface area contributed by atoms with Crippen molar-refractivity contribution in [3.63, 3.8) is 0 Å². The number of aromatic nitrogens is 2. The summed E-state index contributed by atoms with van der Waals surface area (Å²) in [7, 11) is 0. The number of nitrogens with zero attached hydrogens (tertiary/aromatic N) is 3. The molecule has 2 heterocycles. The second-order valence-electron chi connectivity index (χ2n) is 7.80. The van der Waals surface area contributed by atoms with Gasteiger partial charge in [-0.15, -0.1) is 0 Å². The largest absolute Gasteiger partial charge is 0.353 e. The third kappa shape index (κ3) is 4.66. The van der Waals surface area contributed by atoms with Crippen molar-refractivity contribution in [1.82, 2.24) is 19.8 Å². The van der Waals surface area contributed by atoms with Gasteiger partial charge >= 0.3 is 0 Å². The second-order valence-corrected chi connectivity index (χ2v) is 8.74. The van der Waals surface area contributed by atoms with E-state index in [2.05, 4.69) is 22.0 Å². The number of benzene rings is 1. The molecule has 0 atom stereocenters. The van der Waals surface area contributed by atoms with Gasteiger partial charge in [0, 0.05) is 37.4 Å². The molecule has 6 nitrogen and oxygen atoms in total. The maximum absolute atomic E-state index is 12.5. The van der Waals surface area contributed by atoms with Crippen LogP contribution in [0.2, 0.25) is 0 Å². The Labute approximate surface area is 176 Å². The predicted octanol–water partition coefficient (Wildman–Crippen LogP) is 2.97. The van der Waals surface area contributed by atoms with Crippen molar-refractivity contribution in [2.75, 3.05) is 18.8 Å². The molecule has 4 rings (SSSR count). The fraction of sp³-hybridized carbons (Fsp3) is 0.500. The number of fused-ring (bicyclic) bond motifs is 1. The lowest BCUT2D eigenvalue weighted by Crippen LogP contribution is -2.46. The number of hydrogen-bond donors (Lipinski definition) is 1. The molecule has 1 N–H and O–H groups in total. The van der Waals surface area contributed by atoms with E-state index in [-0.39, 0.29) is 17.9 Å². The topological polar surface area (TPSA) is 67.2 Å². The first-order chi connectivity index (χ1) is 14.1. The van der Waals surface area contributed by atoms with Crippen LogP contribution >= 0.6 is 11.8 Å². The normalized spacial score (nSPS) is 17.1. The highest BCUT2D eigenvalue weighted by Gasteiger charge is 2.24. The minimum absolute atomic E-state index is 0.0388. The molecular formula is C22H28N4O2S. The van der Waals surface area contributed by atoms with E-state index < -0.39 is 0 Å². The minimum atomic E-state index is 0.0388. The van der Waals surface area contributed by atoms with Crippen molar-refractivity contribution < 1.29 is 9.59 Å². The number of likely N-dealkylation sites (tertiary alicyclic amines) is 1. The average molecular weight is 413 g/mol. The number of piperidine rings is 1. The third-order valence-corrected chi connectivity index (χ3v) is 6.69. The Bertz CT molecular complexity index is 872. The van der Waals surface area contributed by atoms with Crippen LogP contribution in [0.5, 0.6) is 0 Å². The van der Waals surface area contributed by atoms with Crippen molar-refractivity contribution in [2.24, 2.45) is 0 Å². The van der Waals surface area contributed by atoms with Crippen molar-refractivity contribution in [2.45, 2.75) is 56.6 Å². The standard InChI is InChI=1S/C22H28N4O2S/c1-16(27)25-13-11-17(12-14-25)23-21(28)15-29-22-24-19-9-5-6-10-20(19)26(22)18-7-3-2-4-8-18/h2-4,7-8,17H,5-6,9-15H2,1H3,(H,23,28). The number of rotatable bonds is 5. The number of hydrogen-bond acceptors (Lipinski definition) is 4. The summed E-state index contributed by atoms with van der Waals surface area (Å²) >= 11 is 1.51. The van der Waals surface area contributed by atoms with E-state index >= 15 is 0 Å². The molecule has 2 amide bonds. The number of aryl methyl sites for hydroxylation is 1. The van der Waals surface area contributed by atoms with E-state index in [0.717, 1.165) is 49.6 Å². The number of para-hydroxylation sites is 1. The Balaban J connectivity index is 1.40. The molecule has 0 bridgehead atoms. The molecule has 154 valence electrons. The van der Waals surface area contributed by atoms with E-state index in [1.165, 1.54) is 36.0 Å². The number of imidazole rings is 1. The van der Waals surface area contributed by atoms with Gasteiger partial charge < -0.3 is 10.2 Å². The molecule has 7 heteroatoms. The second kappa shape index (κ2) is 9.03. The van der Waals surface area contributed by atoms with Gasteiger partial charge in [0.1, 0.15) is 0 Å². The molecule has 1 saturated heterocycles. The highest BCUT2D eigenvalue weighted by atomic mass is 32.2. The van der Waals surface area contributed by atoms with Crippen LogP contribution in [0.4, 0.5) is 0 Å². The van der Waals surface area contributed by atoms with Gasteiger partial charge in [0.2, 0.25) is 11.8 Å². The van der Waals surface area contributed by atoms with Gasteiger partial charge in [-0.3, -0.25) is 14.2 Å². The van der Waals surface area contributed by atoms with E-state index in [0.29, 0.717) is 5.75 Å². The zero-order valence-corrected chi connectivity index (χ0v) is 17.7. The van der Waals surface area contributed by atoms with Gasteiger partial charge in [-0.2, -0.15) is 0 Å². The Morgan fingerprint density at radius 3 is 2.59 bits per heavy atom. The summed E-state index contributed by atoms with van der Waals surface area (Å²) in [5.74, 6) is 0.509. The number of thioether (sulfide) groups is 1. The minimum Gasteiger partial charge on any atom is -0.353 e. The first-order valence-corrected chi connectivity index (χ1v) is 11.4. The molecule has 1 aliphatic carbocycles. The summed E-state index contributed by atoms with van der Waals surface area (Å²) in [6.45, 7) is 3.04. The molecule has 2 aromatic rings. The van der Waals surface area contributed by atoms with Crippen LogP contribution in [-0.4, -0.2) is 51.1 Å². The van der Waals surface area contributed by atoms with Crippen LogP contribution in [-0.2, 0) is 22.4 Å². The van der Waals surface area contributed by atoms with E-state index in [1.54, 1.807) is 6.92 Å². The lowest BCUT2D eigenvalue weighted by molar-refractivity contribution is -0.130. The van der Waals surface area contributed by atoms with Crippen LogP contribution in [0.15, 0.2) is 35.5 Å². The first-order valence-electron chi connectivity index (χ1n) is 10.5. The number of carbonyl (C=O) groups excluding carboxylic acids is 2. The van der Waals surface area contributed by atoms with Crippen molar-refractivity contribution >= 4 is 23.6 Å². The fourth-order valence-electron chi connectivity index (χ4n) is 4.19. The fourth-order valence-corrected chi connectivity index (χ4v) is 5.06. The van der Waals surface area contributed by atoms with Gasteiger partial charge in [0.15, 0.2) is 5.16 Å². The van der Waals surface area contributed by atoms with Crippen molar-refractivity contribution in [1.29, 1.82) is 0 Å². The van der Waals surface area contributed by atoms with Crippen LogP contribution in [0, 0.1) is 0 Å². The smallest absolute Gasteiger partial charge is 0.230 e. The van der Waals surface area contributed by atoms with E-state index in [4.69, 9.17) is 4.98 Å². The molecule has 0 spiro atoms. The van der Waals surface area contributed by atoms with Crippen LogP contribution in [0.25, 0.3) is 5.69 Å². The molecule has 29 heavy (non-hydrogen) atoms. The number of amides is 2. The maximum atomic E-state index is 12.5. The average Bonchev–Trinajstić information content (AvgIpc) is 3.12. The Hall–Kier alpha value is -2.28. The van der Waals surface area contributed by atoms with Crippen molar-refractivity contribution in [3.8, 4) is 5.69 Å². The molecule has 0 unspecified atom stereocenters.